The van der Waals surface area contributed by atoms with Crippen LogP contribution in [-0.2, 0) is 0 Å². The Morgan fingerprint density at radius 3 is 2.67 bits per heavy atom. The van der Waals surface area contributed by atoms with Gasteiger partial charge in [-0.05, 0) is 43.0 Å². The molecule has 1 aliphatic heterocycles. The third-order valence-electron chi connectivity index (χ3n) is 4.02. The van der Waals surface area contributed by atoms with Gasteiger partial charge < -0.3 is 16.4 Å². The lowest BCUT2D eigenvalue weighted by molar-refractivity contribution is 0.0950. The maximum absolute atomic E-state index is 12.0. The van der Waals surface area contributed by atoms with Crippen molar-refractivity contribution in [2.24, 2.45) is 11.7 Å². The van der Waals surface area contributed by atoms with Crippen LogP contribution in [0.2, 0.25) is 0 Å². The van der Waals surface area contributed by atoms with E-state index in [9.17, 15) is 9.59 Å². The highest BCUT2D eigenvalue weighted by Gasteiger charge is 2.28. The van der Waals surface area contributed by atoms with E-state index in [-0.39, 0.29) is 18.0 Å². The third kappa shape index (κ3) is 3.16. The van der Waals surface area contributed by atoms with E-state index in [1.54, 1.807) is 29.2 Å². The molecular formula is C15H20N4O2. The molecule has 1 atom stereocenters. The molecule has 0 bridgehead atoms. The monoisotopic (exact) mass is 288 g/mol. The summed E-state index contributed by atoms with van der Waals surface area (Å²) in [6, 6.07) is 7.02. The maximum Gasteiger partial charge on any atom is 0.321 e. The summed E-state index contributed by atoms with van der Waals surface area (Å²) < 4.78 is 0. The van der Waals surface area contributed by atoms with Crippen molar-refractivity contribution in [3.63, 3.8) is 0 Å². The van der Waals surface area contributed by atoms with E-state index in [1.165, 1.54) is 12.8 Å². The molecule has 112 valence electrons. The van der Waals surface area contributed by atoms with Crippen LogP contribution >= 0.6 is 0 Å². The minimum Gasteiger partial charge on any atom is -0.350 e. The molecule has 21 heavy (non-hydrogen) atoms. The molecule has 6 heteroatoms. The van der Waals surface area contributed by atoms with Crippen molar-refractivity contribution in [1.82, 2.24) is 10.6 Å². The van der Waals surface area contributed by atoms with Crippen LogP contribution in [0.4, 0.5) is 10.5 Å². The van der Waals surface area contributed by atoms with Crippen LogP contribution in [-0.4, -0.2) is 37.6 Å². The number of anilines is 1. The Hall–Kier alpha value is -2.08. The molecule has 1 aromatic carbocycles. The van der Waals surface area contributed by atoms with Crippen molar-refractivity contribution < 1.29 is 9.59 Å². The molecule has 1 aliphatic carbocycles. The largest absolute Gasteiger partial charge is 0.350 e. The summed E-state index contributed by atoms with van der Waals surface area (Å²) in [7, 11) is 0. The van der Waals surface area contributed by atoms with Crippen molar-refractivity contribution in [2.45, 2.75) is 18.9 Å². The lowest BCUT2D eigenvalue weighted by Gasteiger charge is -2.15. The normalized spacial score (nSPS) is 19.3. The topological polar surface area (TPSA) is 87.5 Å². The van der Waals surface area contributed by atoms with Gasteiger partial charge in [-0.3, -0.25) is 9.69 Å². The summed E-state index contributed by atoms with van der Waals surface area (Å²) in [6.07, 6.45) is 2.34. The molecule has 0 radical (unpaired) electrons. The van der Waals surface area contributed by atoms with E-state index in [0.29, 0.717) is 31.1 Å². The molecule has 0 aromatic heterocycles. The average Bonchev–Trinajstić information content (AvgIpc) is 3.27. The highest BCUT2D eigenvalue weighted by molar-refractivity contribution is 5.97. The highest BCUT2D eigenvalue weighted by Crippen LogP contribution is 2.31. The van der Waals surface area contributed by atoms with Crippen molar-refractivity contribution in [3.05, 3.63) is 29.8 Å². The minimum atomic E-state index is -0.122. The summed E-state index contributed by atoms with van der Waals surface area (Å²) >= 11 is 0. The number of carbonyl (C=O) groups excluding carboxylic acids is 2. The molecule has 4 N–H and O–H groups in total. The summed E-state index contributed by atoms with van der Waals surface area (Å²) in [6.45, 7) is 1.82. The Bertz CT molecular complexity index is 539. The number of nitrogens with zero attached hydrogens (tertiary/aromatic N) is 1. The fourth-order valence-electron chi connectivity index (χ4n) is 2.51. The molecular weight excluding hydrogens is 268 g/mol. The number of nitrogens with one attached hydrogen (secondary N) is 2. The second-order valence-electron chi connectivity index (χ2n) is 5.64. The van der Waals surface area contributed by atoms with Gasteiger partial charge in [-0.25, -0.2) is 4.79 Å². The van der Waals surface area contributed by atoms with Gasteiger partial charge in [0.15, 0.2) is 0 Å². The number of urea groups is 1. The molecule has 1 saturated heterocycles. The van der Waals surface area contributed by atoms with Gasteiger partial charge in [0.25, 0.3) is 5.91 Å². The van der Waals surface area contributed by atoms with Crippen LogP contribution in [0.5, 0.6) is 0 Å². The highest BCUT2D eigenvalue weighted by atomic mass is 16.2. The Balaban J connectivity index is 1.57. The standard InChI is InChI=1S/C15H20N4O2/c16-13(10-1-2-10)9-18-14(20)11-3-5-12(6-4-11)19-8-7-17-15(19)21/h3-6,10,13H,1-2,7-9,16H2,(H,17,21)(H,18,20). The van der Waals surface area contributed by atoms with Crippen LogP contribution < -0.4 is 21.3 Å². The zero-order valence-electron chi connectivity index (χ0n) is 11.8. The van der Waals surface area contributed by atoms with Gasteiger partial charge in [0, 0.05) is 36.9 Å². The van der Waals surface area contributed by atoms with Crippen LogP contribution in [0.1, 0.15) is 23.2 Å². The van der Waals surface area contributed by atoms with E-state index >= 15 is 0 Å². The molecule has 2 aliphatic rings. The van der Waals surface area contributed by atoms with Gasteiger partial charge in [0.1, 0.15) is 0 Å². The van der Waals surface area contributed by atoms with Crippen molar-refractivity contribution in [3.8, 4) is 0 Å². The van der Waals surface area contributed by atoms with Crippen molar-refractivity contribution in [2.75, 3.05) is 24.5 Å². The number of nitrogens with two attached hydrogens (primary N) is 1. The number of hydrogen-bond donors (Lipinski definition) is 3. The van der Waals surface area contributed by atoms with Crippen molar-refractivity contribution >= 4 is 17.6 Å². The first kappa shape index (κ1) is 13.9. The van der Waals surface area contributed by atoms with E-state index in [2.05, 4.69) is 10.6 Å². The number of carbonyl (C=O) groups is 2. The SMILES string of the molecule is NC(CNC(=O)c1ccc(N2CCNC2=O)cc1)C1CC1. The van der Waals surface area contributed by atoms with Crippen LogP contribution in [0.25, 0.3) is 0 Å². The van der Waals surface area contributed by atoms with Crippen molar-refractivity contribution in [1.29, 1.82) is 0 Å². The molecule has 3 amide bonds. The van der Waals surface area contributed by atoms with E-state index in [0.717, 1.165) is 5.69 Å². The lowest BCUT2D eigenvalue weighted by Crippen LogP contribution is -2.38. The molecule has 2 fully saturated rings. The fraction of sp³-hybridized carbons (Fsp3) is 0.467. The molecule has 1 saturated carbocycles. The Labute approximate surface area is 123 Å². The molecule has 3 rings (SSSR count). The van der Waals surface area contributed by atoms with Gasteiger partial charge in [0.05, 0.1) is 0 Å². The van der Waals surface area contributed by atoms with E-state index < -0.39 is 0 Å². The smallest absolute Gasteiger partial charge is 0.321 e. The second-order valence-corrected chi connectivity index (χ2v) is 5.64. The zero-order chi connectivity index (χ0) is 14.8. The van der Waals surface area contributed by atoms with Gasteiger partial charge in [-0.15, -0.1) is 0 Å². The Kier molecular flexibility index (Phi) is 3.79. The zero-order valence-corrected chi connectivity index (χ0v) is 11.8. The fourth-order valence-corrected chi connectivity index (χ4v) is 2.51. The first-order chi connectivity index (χ1) is 10.1. The number of rotatable bonds is 5. The lowest BCUT2D eigenvalue weighted by atomic mass is 10.1. The molecule has 1 heterocycles. The number of benzene rings is 1. The summed E-state index contributed by atoms with van der Waals surface area (Å²) in [5, 5.41) is 5.61. The molecule has 6 nitrogen and oxygen atoms in total. The quantitative estimate of drug-likeness (QED) is 0.744. The van der Waals surface area contributed by atoms with E-state index in [4.69, 9.17) is 5.73 Å². The van der Waals surface area contributed by atoms with Gasteiger partial charge in [-0.2, -0.15) is 0 Å². The Morgan fingerprint density at radius 2 is 2.10 bits per heavy atom. The summed E-state index contributed by atoms with van der Waals surface area (Å²) in [5.74, 6) is 0.449. The first-order valence-corrected chi connectivity index (χ1v) is 7.34. The third-order valence-corrected chi connectivity index (χ3v) is 4.02. The predicted octanol–water partition coefficient (Wildman–Crippen LogP) is 0.683. The summed E-state index contributed by atoms with van der Waals surface area (Å²) in [5.41, 5.74) is 7.35. The van der Waals surface area contributed by atoms with Gasteiger partial charge >= 0.3 is 6.03 Å². The average molecular weight is 288 g/mol. The number of amides is 3. The van der Waals surface area contributed by atoms with Crippen LogP contribution in [0.15, 0.2) is 24.3 Å². The summed E-state index contributed by atoms with van der Waals surface area (Å²) in [4.78, 5) is 25.2. The molecule has 1 unspecified atom stereocenters. The minimum absolute atomic E-state index is 0.0570. The van der Waals surface area contributed by atoms with Crippen LogP contribution in [0.3, 0.4) is 0 Å². The Morgan fingerprint density at radius 1 is 1.38 bits per heavy atom. The predicted molar refractivity (Wildman–Crippen MR) is 80.2 cm³/mol. The molecule has 1 aromatic rings. The molecule has 0 spiro atoms. The van der Waals surface area contributed by atoms with Crippen LogP contribution in [0, 0.1) is 5.92 Å². The number of hydrogen-bond acceptors (Lipinski definition) is 3. The van der Waals surface area contributed by atoms with Gasteiger partial charge in [-0.1, -0.05) is 0 Å². The van der Waals surface area contributed by atoms with E-state index in [1.807, 2.05) is 0 Å². The first-order valence-electron chi connectivity index (χ1n) is 7.34. The van der Waals surface area contributed by atoms with Gasteiger partial charge in [0.2, 0.25) is 0 Å². The maximum atomic E-state index is 12.0. The second kappa shape index (κ2) is 5.73.